The molecule has 0 aliphatic heterocycles. The van der Waals surface area contributed by atoms with Crippen LogP contribution in [0, 0.1) is 0 Å². The Morgan fingerprint density at radius 1 is 1.54 bits per heavy atom. The van der Waals surface area contributed by atoms with Gasteiger partial charge in [-0.25, -0.2) is 0 Å². The Labute approximate surface area is 118 Å². The van der Waals surface area contributed by atoms with E-state index in [4.69, 9.17) is 10.5 Å². The van der Waals surface area contributed by atoms with E-state index in [9.17, 15) is 9.90 Å². The fourth-order valence-electron chi connectivity index (χ4n) is 0.885. The molecule has 0 saturated carbocycles. The normalized spacial score (nSPS) is 8.69. The fraction of sp³-hybridized carbons (Fsp3) is 0.125. The van der Waals surface area contributed by atoms with Gasteiger partial charge >= 0.3 is 51.4 Å². The number of carbonyl (C=O) groups is 1. The van der Waals surface area contributed by atoms with Crippen molar-refractivity contribution in [3.05, 3.63) is 23.8 Å². The van der Waals surface area contributed by atoms with Crippen molar-refractivity contribution in [2.75, 3.05) is 12.8 Å². The Balaban J connectivity index is 0.00000144. The molecule has 0 unspecified atom stereocenters. The number of nitrogen functional groups attached to an aromatic ring is 1. The number of carboxylic acids is 1. The van der Waals surface area contributed by atoms with E-state index in [1.54, 1.807) is 6.07 Å². The van der Waals surface area contributed by atoms with Crippen LogP contribution in [0.1, 0.15) is 10.4 Å². The van der Waals surface area contributed by atoms with Gasteiger partial charge in [0.1, 0.15) is 5.75 Å². The van der Waals surface area contributed by atoms with Gasteiger partial charge in [-0.15, -0.1) is 0 Å². The molecule has 1 aromatic carbocycles. The molecule has 0 fully saturated rings. The van der Waals surface area contributed by atoms with Gasteiger partial charge in [0.05, 0.1) is 13.1 Å². The number of nitrogens with two attached hydrogens (primary N) is 1. The molecule has 0 amide bonds. The van der Waals surface area contributed by atoms with Crippen molar-refractivity contribution in [3.63, 3.8) is 0 Å². The molecule has 0 saturated heterocycles. The number of benzene rings is 1. The first-order valence-electron chi connectivity index (χ1n) is 3.30. The second kappa shape index (κ2) is 5.61. The zero-order valence-electron chi connectivity index (χ0n) is 7.53. The van der Waals surface area contributed by atoms with Crippen molar-refractivity contribution in [2.45, 2.75) is 0 Å². The van der Waals surface area contributed by atoms with E-state index >= 15 is 0 Å². The summed E-state index contributed by atoms with van der Waals surface area (Å²) in [5.41, 5.74) is 5.71. The molecule has 0 aromatic heterocycles. The second-order valence-corrected chi connectivity index (χ2v) is 2.25. The van der Waals surface area contributed by atoms with Crippen molar-refractivity contribution >= 4 is 11.7 Å². The molecule has 64 valence electrons. The third-order valence-corrected chi connectivity index (χ3v) is 1.44. The fourth-order valence-corrected chi connectivity index (χ4v) is 0.885. The molecule has 1 aromatic rings. The molecule has 5 heteroatoms. The molecule has 0 radical (unpaired) electrons. The standard InChI is InChI=1S/C8H9NO3.K/c1-12-7-3-2-5(9)4-6(7)8(10)11;/h2-4H,9H2,1H3,(H,10,11);/q;+1/p-1. The summed E-state index contributed by atoms with van der Waals surface area (Å²) in [7, 11) is 1.39. The van der Waals surface area contributed by atoms with Gasteiger partial charge in [-0.1, -0.05) is 0 Å². The Kier molecular flexibility index (Phi) is 5.58. The van der Waals surface area contributed by atoms with Crippen LogP contribution in [0.4, 0.5) is 5.69 Å². The summed E-state index contributed by atoms with van der Waals surface area (Å²) >= 11 is 0. The van der Waals surface area contributed by atoms with E-state index < -0.39 is 5.97 Å². The van der Waals surface area contributed by atoms with E-state index in [0.29, 0.717) is 5.69 Å². The number of rotatable bonds is 2. The smallest absolute Gasteiger partial charge is 0.545 e. The minimum atomic E-state index is -1.29. The van der Waals surface area contributed by atoms with E-state index in [2.05, 4.69) is 0 Å². The number of carboxylic acid groups (broad SMARTS) is 1. The quantitative estimate of drug-likeness (QED) is 0.404. The molecule has 0 heterocycles. The second-order valence-electron chi connectivity index (χ2n) is 2.25. The Morgan fingerprint density at radius 2 is 2.15 bits per heavy atom. The predicted molar refractivity (Wildman–Crippen MR) is 41.7 cm³/mol. The largest absolute Gasteiger partial charge is 1.00 e. The summed E-state index contributed by atoms with van der Waals surface area (Å²) in [4.78, 5) is 10.5. The molecule has 0 bridgehead atoms. The number of carbonyl (C=O) groups excluding carboxylic acids is 1. The summed E-state index contributed by atoms with van der Waals surface area (Å²) in [6, 6.07) is 4.35. The summed E-state index contributed by atoms with van der Waals surface area (Å²) in [6.07, 6.45) is 0. The van der Waals surface area contributed by atoms with Crippen LogP contribution in [-0.4, -0.2) is 13.1 Å². The van der Waals surface area contributed by atoms with Gasteiger partial charge in [-0.05, 0) is 18.2 Å². The van der Waals surface area contributed by atoms with Gasteiger partial charge in [-0.3, -0.25) is 0 Å². The van der Waals surface area contributed by atoms with Crippen LogP contribution >= 0.6 is 0 Å². The van der Waals surface area contributed by atoms with Gasteiger partial charge in [0.2, 0.25) is 0 Å². The number of aromatic carboxylic acids is 1. The Morgan fingerprint density at radius 3 is 2.62 bits per heavy atom. The van der Waals surface area contributed by atoms with Crippen molar-refractivity contribution in [1.82, 2.24) is 0 Å². The van der Waals surface area contributed by atoms with Crippen LogP contribution in [0.15, 0.2) is 18.2 Å². The molecule has 4 nitrogen and oxygen atoms in total. The van der Waals surface area contributed by atoms with Crippen LogP contribution in [0.2, 0.25) is 0 Å². The maximum Gasteiger partial charge on any atom is 1.00 e. The monoisotopic (exact) mass is 205 g/mol. The van der Waals surface area contributed by atoms with Crippen LogP contribution in [0.5, 0.6) is 5.75 Å². The molecule has 13 heavy (non-hydrogen) atoms. The molecule has 0 spiro atoms. The van der Waals surface area contributed by atoms with Crippen LogP contribution in [-0.2, 0) is 0 Å². The SMILES string of the molecule is COc1ccc(N)cc1C(=O)[O-].[K+]. The third kappa shape index (κ3) is 3.28. The zero-order valence-corrected chi connectivity index (χ0v) is 10.7. The Bertz CT molecular complexity index is 314. The first kappa shape index (κ1) is 12.9. The average Bonchev–Trinajstić information content (AvgIpc) is 2.04. The minimum Gasteiger partial charge on any atom is -0.545 e. The first-order chi connectivity index (χ1) is 5.65. The van der Waals surface area contributed by atoms with E-state index in [-0.39, 0.29) is 62.7 Å². The van der Waals surface area contributed by atoms with Gasteiger partial charge in [-0.2, -0.15) is 0 Å². The number of methoxy groups -OCH3 is 1. The molecule has 1 rings (SSSR count). The first-order valence-corrected chi connectivity index (χ1v) is 3.30. The summed E-state index contributed by atoms with van der Waals surface area (Å²) < 4.78 is 4.79. The third-order valence-electron chi connectivity index (χ3n) is 1.44. The van der Waals surface area contributed by atoms with Crippen molar-refractivity contribution in [2.24, 2.45) is 0 Å². The van der Waals surface area contributed by atoms with E-state index in [1.165, 1.54) is 19.2 Å². The van der Waals surface area contributed by atoms with Crippen LogP contribution in [0.3, 0.4) is 0 Å². The molecule has 0 atom stereocenters. The van der Waals surface area contributed by atoms with Gasteiger partial charge in [0, 0.05) is 11.3 Å². The number of ether oxygens (including phenoxy) is 1. The number of hydrogen-bond acceptors (Lipinski definition) is 4. The van der Waals surface area contributed by atoms with Crippen LogP contribution in [0.25, 0.3) is 0 Å². The van der Waals surface area contributed by atoms with Gasteiger partial charge in [0.15, 0.2) is 0 Å². The van der Waals surface area contributed by atoms with Crippen LogP contribution < -0.4 is 67.0 Å². The molecule has 0 aliphatic rings. The average molecular weight is 205 g/mol. The minimum absolute atomic E-state index is 0. The van der Waals surface area contributed by atoms with E-state index in [1.807, 2.05) is 0 Å². The maximum atomic E-state index is 10.5. The number of anilines is 1. The molecule has 0 aliphatic carbocycles. The summed E-state index contributed by atoms with van der Waals surface area (Å²) in [5.74, 6) is -1.04. The summed E-state index contributed by atoms with van der Waals surface area (Å²) in [5, 5.41) is 10.5. The van der Waals surface area contributed by atoms with E-state index in [0.717, 1.165) is 0 Å². The van der Waals surface area contributed by atoms with Crippen molar-refractivity contribution in [1.29, 1.82) is 0 Å². The van der Waals surface area contributed by atoms with Gasteiger partial charge in [0.25, 0.3) is 0 Å². The predicted octanol–water partition coefficient (Wildman–Crippen LogP) is -3.36. The molecular formula is C8H8KNO3. The topological polar surface area (TPSA) is 75.4 Å². The number of hydrogen-bond donors (Lipinski definition) is 1. The van der Waals surface area contributed by atoms with Crippen molar-refractivity contribution in [3.8, 4) is 5.75 Å². The van der Waals surface area contributed by atoms with Gasteiger partial charge < -0.3 is 20.4 Å². The molecular weight excluding hydrogens is 197 g/mol. The Hall–Kier alpha value is -0.0736. The zero-order chi connectivity index (χ0) is 9.14. The maximum absolute atomic E-state index is 10.5. The molecule has 2 N–H and O–H groups in total. The van der Waals surface area contributed by atoms with Crippen molar-refractivity contribution < 1.29 is 66.0 Å². The summed E-state index contributed by atoms with van der Waals surface area (Å²) in [6.45, 7) is 0.